The van der Waals surface area contributed by atoms with Gasteiger partial charge >= 0.3 is 0 Å². The van der Waals surface area contributed by atoms with Gasteiger partial charge in [-0.25, -0.2) is 0 Å². The summed E-state index contributed by atoms with van der Waals surface area (Å²) in [6.07, 6.45) is 0.475. The maximum Gasteiger partial charge on any atom is 0.172 e. The van der Waals surface area contributed by atoms with Crippen LogP contribution in [0.3, 0.4) is 0 Å². The lowest BCUT2D eigenvalue weighted by atomic mass is 10.0. The zero-order chi connectivity index (χ0) is 12.1. The number of ether oxygens (including phenoxy) is 1. The smallest absolute Gasteiger partial charge is 0.172 e. The van der Waals surface area contributed by atoms with Crippen LogP contribution in [0.1, 0.15) is 24.9 Å². The number of phenols is 1. The first-order chi connectivity index (χ1) is 7.60. The lowest BCUT2D eigenvalue weighted by molar-refractivity contribution is 0.276. The van der Waals surface area contributed by atoms with E-state index in [1.165, 1.54) is 0 Å². The molecule has 0 aromatic heterocycles. The van der Waals surface area contributed by atoms with E-state index >= 15 is 0 Å². The van der Waals surface area contributed by atoms with E-state index in [4.69, 9.17) is 15.6 Å². The SMILES string of the molecule is CCOc1cc([C@@H](N)CCO)cc(Br)c1O. The van der Waals surface area contributed by atoms with E-state index < -0.39 is 0 Å². The van der Waals surface area contributed by atoms with E-state index in [1.54, 1.807) is 12.1 Å². The summed E-state index contributed by atoms with van der Waals surface area (Å²) in [5, 5.41) is 18.5. The minimum atomic E-state index is -0.263. The molecule has 0 amide bonds. The van der Waals surface area contributed by atoms with Crippen LogP contribution in [0.2, 0.25) is 0 Å². The van der Waals surface area contributed by atoms with Crippen molar-refractivity contribution in [2.24, 2.45) is 5.73 Å². The molecule has 0 saturated carbocycles. The Morgan fingerprint density at radius 3 is 2.75 bits per heavy atom. The molecule has 0 unspecified atom stereocenters. The van der Waals surface area contributed by atoms with Crippen molar-refractivity contribution in [2.75, 3.05) is 13.2 Å². The molecule has 0 heterocycles. The molecular weight excluding hydrogens is 274 g/mol. The number of aliphatic hydroxyl groups is 1. The number of phenolic OH excluding ortho intramolecular Hbond substituents is 1. The third-order valence-electron chi connectivity index (χ3n) is 2.22. The number of hydrogen-bond donors (Lipinski definition) is 3. The zero-order valence-electron chi connectivity index (χ0n) is 9.11. The van der Waals surface area contributed by atoms with Crippen LogP contribution in [-0.4, -0.2) is 23.4 Å². The normalized spacial score (nSPS) is 12.5. The number of nitrogens with two attached hydrogens (primary N) is 1. The number of hydrogen-bond acceptors (Lipinski definition) is 4. The molecule has 1 aromatic carbocycles. The number of rotatable bonds is 5. The summed E-state index contributed by atoms with van der Waals surface area (Å²) in [6, 6.07) is 3.17. The van der Waals surface area contributed by atoms with E-state index in [0.717, 1.165) is 5.56 Å². The third-order valence-corrected chi connectivity index (χ3v) is 2.82. The van der Waals surface area contributed by atoms with Crippen LogP contribution in [0, 0.1) is 0 Å². The average molecular weight is 290 g/mol. The average Bonchev–Trinajstić information content (AvgIpc) is 2.25. The molecule has 0 fully saturated rings. The largest absolute Gasteiger partial charge is 0.503 e. The van der Waals surface area contributed by atoms with Gasteiger partial charge in [-0.2, -0.15) is 0 Å². The topological polar surface area (TPSA) is 75.7 Å². The van der Waals surface area contributed by atoms with Gasteiger partial charge in [0, 0.05) is 12.6 Å². The molecule has 0 spiro atoms. The zero-order valence-corrected chi connectivity index (χ0v) is 10.7. The first-order valence-electron chi connectivity index (χ1n) is 5.11. The maximum absolute atomic E-state index is 9.70. The van der Waals surface area contributed by atoms with Crippen molar-refractivity contribution in [3.05, 3.63) is 22.2 Å². The van der Waals surface area contributed by atoms with Gasteiger partial charge in [-0.05, 0) is 47.0 Å². The number of benzene rings is 1. The molecule has 0 saturated heterocycles. The maximum atomic E-state index is 9.70. The summed E-state index contributed by atoms with van der Waals surface area (Å²) in [7, 11) is 0. The van der Waals surface area contributed by atoms with Crippen LogP contribution in [0.4, 0.5) is 0 Å². The summed E-state index contributed by atoms with van der Waals surface area (Å²) in [4.78, 5) is 0. The summed E-state index contributed by atoms with van der Waals surface area (Å²) in [6.45, 7) is 2.34. The molecule has 0 aliphatic carbocycles. The fraction of sp³-hybridized carbons (Fsp3) is 0.455. The van der Waals surface area contributed by atoms with Crippen LogP contribution in [-0.2, 0) is 0 Å². The van der Waals surface area contributed by atoms with E-state index in [0.29, 0.717) is 23.2 Å². The molecule has 0 radical (unpaired) electrons. The van der Waals surface area contributed by atoms with Crippen LogP contribution < -0.4 is 10.5 Å². The van der Waals surface area contributed by atoms with Crippen molar-refractivity contribution < 1.29 is 14.9 Å². The molecule has 1 aromatic rings. The predicted molar refractivity (Wildman–Crippen MR) is 65.6 cm³/mol. The fourth-order valence-corrected chi connectivity index (χ4v) is 1.84. The van der Waals surface area contributed by atoms with Crippen molar-refractivity contribution in [1.29, 1.82) is 0 Å². The Labute approximate surface area is 103 Å². The van der Waals surface area contributed by atoms with E-state index in [1.807, 2.05) is 6.92 Å². The molecule has 4 nitrogen and oxygen atoms in total. The number of aromatic hydroxyl groups is 1. The Balaban J connectivity index is 3.03. The monoisotopic (exact) mass is 289 g/mol. The standard InChI is InChI=1S/C11H16BrNO3/c1-2-16-10-6-7(9(13)3-4-14)5-8(12)11(10)15/h5-6,9,14-15H,2-4,13H2,1H3/t9-/m0/s1. The molecule has 1 atom stereocenters. The Morgan fingerprint density at radius 2 is 2.19 bits per heavy atom. The van der Waals surface area contributed by atoms with Crippen molar-refractivity contribution in [3.8, 4) is 11.5 Å². The minimum absolute atomic E-state index is 0.0314. The highest BCUT2D eigenvalue weighted by molar-refractivity contribution is 9.10. The Kier molecular flexibility index (Phi) is 5.05. The second-order valence-corrected chi connectivity index (χ2v) is 4.26. The predicted octanol–water partition coefficient (Wildman–Crippen LogP) is 1.94. The molecule has 4 N–H and O–H groups in total. The Bertz CT molecular complexity index is 357. The molecule has 16 heavy (non-hydrogen) atoms. The van der Waals surface area contributed by atoms with Crippen molar-refractivity contribution in [1.82, 2.24) is 0 Å². The van der Waals surface area contributed by atoms with Crippen LogP contribution in [0.15, 0.2) is 16.6 Å². The summed E-state index contributed by atoms with van der Waals surface area (Å²) < 4.78 is 5.83. The molecule has 90 valence electrons. The summed E-state index contributed by atoms with van der Waals surface area (Å²) in [5.74, 6) is 0.474. The van der Waals surface area contributed by atoms with Gasteiger partial charge in [0.15, 0.2) is 11.5 Å². The number of aliphatic hydroxyl groups excluding tert-OH is 1. The minimum Gasteiger partial charge on any atom is -0.503 e. The van der Waals surface area contributed by atoms with Gasteiger partial charge in [0.05, 0.1) is 11.1 Å². The number of halogens is 1. The lowest BCUT2D eigenvalue weighted by Gasteiger charge is -2.14. The quantitative estimate of drug-likeness (QED) is 0.774. The van der Waals surface area contributed by atoms with Crippen LogP contribution >= 0.6 is 15.9 Å². The van der Waals surface area contributed by atoms with Gasteiger partial charge in [0.2, 0.25) is 0 Å². The van der Waals surface area contributed by atoms with Gasteiger partial charge in [-0.1, -0.05) is 0 Å². The second kappa shape index (κ2) is 6.08. The highest BCUT2D eigenvalue weighted by Gasteiger charge is 2.13. The van der Waals surface area contributed by atoms with Gasteiger partial charge in [0.1, 0.15) is 0 Å². The van der Waals surface area contributed by atoms with Gasteiger partial charge in [-0.15, -0.1) is 0 Å². The molecule has 0 bridgehead atoms. The first kappa shape index (κ1) is 13.3. The summed E-state index contributed by atoms with van der Waals surface area (Å²) >= 11 is 3.24. The van der Waals surface area contributed by atoms with Crippen molar-refractivity contribution in [3.63, 3.8) is 0 Å². The van der Waals surface area contributed by atoms with Crippen LogP contribution in [0.5, 0.6) is 11.5 Å². The molecule has 5 heteroatoms. The lowest BCUT2D eigenvalue weighted by Crippen LogP contribution is -2.12. The Hall–Kier alpha value is -0.780. The highest BCUT2D eigenvalue weighted by atomic mass is 79.9. The van der Waals surface area contributed by atoms with Gasteiger partial charge < -0.3 is 20.7 Å². The molecule has 0 aliphatic heterocycles. The second-order valence-electron chi connectivity index (χ2n) is 3.40. The van der Waals surface area contributed by atoms with Crippen LogP contribution in [0.25, 0.3) is 0 Å². The highest BCUT2D eigenvalue weighted by Crippen LogP contribution is 2.37. The van der Waals surface area contributed by atoms with E-state index in [9.17, 15) is 5.11 Å². The van der Waals surface area contributed by atoms with Crippen molar-refractivity contribution >= 4 is 15.9 Å². The van der Waals surface area contributed by atoms with E-state index in [-0.39, 0.29) is 18.4 Å². The van der Waals surface area contributed by atoms with Crippen molar-refractivity contribution in [2.45, 2.75) is 19.4 Å². The molecule has 1 rings (SSSR count). The van der Waals surface area contributed by atoms with Gasteiger partial charge in [-0.3, -0.25) is 0 Å². The summed E-state index contributed by atoms with van der Waals surface area (Å²) in [5.41, 5.74) is 6.69. The molecule has 0 aliphatic rings. The molecular formula is C11H16BrNO3. The Morgan fingerprint density at radius 1 is 1.50 bits per heavy atom. The third kappa shape index (κ3) is 3.10. The van der Waals surface area contributed by atoms with Gasteiger partial charge in [0.25, 0.3) is 0 Å². The first-order valence-corrected chi connectivity index (χ1v) is 5.91. The van der Waals surface area contributed by atoms with E-state index in [2.05, 4.69) is 15.9 Å². The fourth-order valence-electron chi connectivity index (χ4n) is 1.38.